The number of aryl methyl sites for hydroxylation is 1. The maximum Gasteiger partial charge on any atom is 0.354 e. The van der Waals surface area contributed by atoms with Gasteiger partial charge in [0.1, 0.15) is 9.90 Å². The molecule has 0 spiro atoms. The SMILES string of the molecule is CCOC(=O)c1cc2cc(C)cc(N(C)S(=O)(=O)c3cccs3)c2[nH]1. The van der Waals surface area contributed by atoms with Crippen LogP contribution < -0.4 is 4.31 Å². The molecule has 132 valence electrons. The highest BCUT2D eigenvalue weighted by molar-refractivity contribution is 7.94. The normalized spacial score (nSPS) is 11.6. The van der Waals surface area contributed by atoms with Crippen molar-refractivity contribution in [2.24, 2.45) is 0 Å². The Morgan fingerprint density at radius 2 is 2.08 bits per heavy atom. The molecule has 25 heavy (non-hydrogen) atoms. The molecular formula is C17H18N2O4S2. The van der Waals surface area contributed by atoms with Gasteiger partial charge in [-0.15, -0.1) is 11.3 Å². The molecular weight excluding hydrogens is 360 g/mol. The molecule has 0 bridgehead atoms. The minimum atomic E-state index is -3.66. The highest BCUT2D eigenvalue weighted by atomic mass is 32.2. The summed E-state index contributed by atoms with van der Waals surface area (Å²) in [5, 5.41) is 2.48. The fourth-order valence-corrected chi connectivity index (χ4v) is 4.97. The van der Waals surface area contributed by atoms with Crippen molar-refractivity contribution in [1.29, 1.82) is 0 Å². The summed E-state index contributed by atoms with van der Waals surface area (Å²) in [5.41, 5.74) is 2.26. The third-order valence-electron chi connectivity index (χ3n) is 3.80. The van der Waals surface area contributed by atoms with Crippen LogP contribution in [0.2, 0.25) is 0 Å². The zero-order valence-corrected chi connectivity index (χ0v) is 15.7. The summed E-state index contributed by atoms with van der Waals surface area (Å²) in [5.74, 6) is -0.467. The minimum absolute atomic E-state index is 0.266. The molecule has 1 N–H and O–H groups in total. The van der Waals surface area contributed by atoms with Crippen molar-refractivity contribution in [1.82, 2.24) is 4.98 Å². The summed E-state index contributed by atoms with van der Waals surface area (Å²) in [6.45, 7) is 3.88. The fourth-order valence-electron chi connectivity index (χ4n) is 2.61. The number of thiophene rings is 1. The van der Waals surface area contributed by atoms with Gasteiger partial charge < -0.3 is 9.72 Å². The zero-order valence-electron chi connectivity index (χ0n) is 14.1. The summed E-state index contributed by atoms with van der Waals surface area (Å²) in [4.78, 5) is 15.0. The number of sulfonamides is 1. The predicted octanol–water partition coefficient (Wildman–Crippen LogP) is 3.54. The van der Waals surface area contributed by atoms with E-state index in [0.29, 0.717) is 16.9 Å². The molecule has 1 aromatic carbocycles. The smallest absolute Gasteiger partial charge is 0.354 e. The number of fused-ring (bicyclic) bond motifs is 1. The number of nitrogens with zero attached hydrogens (tertiary/aromatic N) is 1. The van der Waals surface area contributed by atoms with E-state index in [1.165, 1.54) is 22.7 Å². The second-order valence-corrected chi connectivity index (χ2v) is 8.70. The first-order valence-corrected chi connectivity index (χ1v) is 9.99. The van der Waals surface area contributed by atoms with E-state index in [0.717, 1.165) is 10.9 Å². The third-order valence-corrected chi connectivity index (χ3v) is 6.94. The van der Waals surface area contributed by atoms with Gasteiger partial charge in [-0.25, -0.2) is 13.2 Å². The first-order valence-electron chi connectivity index (χ1n) is 7.67. The molecule has 0 aliphatic carbocycles. The Bertz CT molecular complexity index is 1020. The minimum Gasteiger partial charge on any atom is -0.461 e. The van der Waals surface area contributed by atoms with E-state index in [1.54, 1.807) is 36.6 Å². The molecule has 0 fully saturated rings. The van der Waals surface area contributed by atoms with E-state index in [1.807, 2.05) is 13.0 Å². The summed E-state index contributed by atoms with van der Waals surface area (Å²) < 4.78 is 32.2. The Morgan fingerprint density at radius 1 is 1.32 bits per heavy atom. The standard InChI is InChI=1S/C17H18N2O4S2/c1-4-23-17(20)13-10-12-8-11(2)9-14(16(12)18-13)19(3)25(21,22)15-6-5-7-24-15/h5-10,18H,4H2,1-3H3. The second kappa shape index (κ2) is 6.53. The van der Waals surface area contributed by atoms with Gasteiger partial charge in [-0.1, -0.05) is 6.07 Å². The van der Waals surface area contributed by atoms with Crippen LogP contribution in [0.3, 0.4) is 0 Å². The second-order valence-electron chi connectivity index (χ2n) is 5.56. The van der Waals surface area contributed by atoms with Gasteiger partial charge in [0.05, 0.1) is 17.8 Å². The van der Waals surface area contributed by atoms with Crippen molar-refractivity contribution in [2.45, 2.75) is 18.1 Å². The summed E-state index contributed by atoms with van der Waals surface area (Å²) in [6.07, 6.45) is 0. The number of hydrogen-bond acceptors (Lipinski definition) is 5. The Morgan fingerprint density at radius 3 is 2.72 bits per heavy atom. The molecule has 0 amide bonds. The zero-order chi connectivity index (χ0) is 18.2. The van der Waals surface area contributed by atoms with Crippen LogP contribution in [0.5, 0.6) is 0 Å². The van der Waals surface area contributed by atoms with Crippen molar-refractivity contribution in [3.05, 3.63) is 47.0 Å². The van der Waals surface area contributed by atoms with Crippen LogP contribution in [-0.4, -0.2) is 33.0 Å². The number of benzene rings is 1. The van der Waals surface area contributed by atoms with E-state index in [2.05, 4.69) is 4.98 Å². The number of carbonyl (C=O) groups is 1. The van der Waals surface area contributed by atoms with Crippen LogP contribution in [0.4, 0.5) is 5.69 Å². The molecule has 3 aromatic rings. The number of anilines is 1. The van der Waals surface area contributed by atoms with Gasteiger partial charge >= 0.3 is 5.97 Å². The van der Waals surface area contributed by atoms with Gasteiger partial charge in [0.15, 0.2) is 0 Å². The number of hydrogen-bond donors (Lipinski definition) is 1. The average molecular weight is 378 g/mol. The van der Waals surface area contributed by atoms with Gasteiger partial charge in [-0.3, -0.25) is 4.31 Å². The lowest BCUT2D eigenvalue weighted by Crippen LogP contribution is -2.26. The first-order chi connectivity index (χ1) is 11.8. The Hall–Kier alpha value is -2.32. The Balaban J connectivity index is 2.14. The molecule has 0 aliphatic rings. The van der Waals surface area contributed by atoms with Crippen LogP contribution in [0.15, 0.2) is 39.9 Å². The number of ether oxygens (including phenoxy) is 1. The molecule has 3 rings (SSSR count). The number of rotatable bonds is 5. The molecule has 2 heterocycles. The maximum atomic E-state index is 12.8. The number of esters is 1. The van der Waals surface area contributed by atoms with Gasteiger partial charge in [0.2, 0.25) is 0 Å². The van der Waals surface area contributed by atoms with Crippen LogP contribution >= 0.6 is 11.3 Å². The van der Waals surface area contributed by atoms with E-state index in [-0.39, 0.29) is 10.8 Å². The van der Waals surface area contributed by atoms with Crippen LogP contribution in [0.25, 0.3) is 10.9 Å². The summed E-state index contributed by atoms with van der Waals surface area (Å²) >= 11 is 1.17. The lowest BCUT2D eigenvalue weighted by Gasteiger charge is -2.20. The van der Waals surface area contributed by atoms with Crippen molar-refractivity contribution in [3.63, 3.8) is 0 Å². The summed E-state index contributed by atoms with van der Waals surface area (Å²) in [6, 6.07) is 8.62. The van der Waals surface area contributed by atoms with Gasteiger partial charge in [0.25, 0.3) is 10.0 Å². The van der Waals surface area contributed by atoms with Crippen LogP contribution in [0.1, 0.15) is 23.0 Å². The van der Waals surface area contributed by atoms with Crippen molar-refractivity contribution in [3.8, 4) is 0 Å². The molecule has 0 unspecified atom stereocenters. The number of aromatic amines is 1. The van der Waals surface area contributed by atoms with Crippen molar-refractivity contribution in [2.75, 3.05) is 18.0 Å². The number of nitrogens with one attached hydrogen (secondary N) is 1. The monoisotopic (exact) mass is 378 g/mol. The molecule has 8 heteroatoms. The quantitative estimate of drug-likeness (QED) is 0.689. The molecule has 0 aliphatic heterocycles. The Kier molecular flexibility index (Phi) is 4.57. The van der Waals surface area contributed by atoms with E-state index < -0.39 is 16.0 Å². The first kappa shape index (κ1) is 17.5. The van der Waals surface area contributed by atoms with E-state index in [9.17, 15) is 13.2 Å². The molecule has 0 radical (unpaired) electrons. The highest BCUT2D eigenvalue weighted by Gasteiger charge is 2.25. The molecule has 0 saturated carbocycles. The van der Waals surface area contributed by atoms with Gasteiger partial charge in [-0.2, -0.15) is 0 Å². The molecule has 6 nitrogen and oxygen atoms in total. The van der Waals surface area contributed by atoms with E-state index >= 15 is 0 Å². The van der Waals surface area contributed by atoms with Crippen molar-refractivity contribution < 1.29 is 17.9 Å². The summed E-state index contributed by atoms with van der Waals surface area (Å²) in [7, 11) is -2.15. The number of aromatic nitrogens is 1. The van der Waals surface area contributed by atoms with Crippen LogP contribution in [0, 0.1) is 6.92 Å². The largest absolute Gasteiger partial charge is 0.461 e. The van der Waals surface area contributed by atoms with Crippen LogP contribution in [-0.2, 0) is 14.8 Å². The van der Waals surface area contributed by atoms with Gasteiger partial charge in [0, 0.05) is 12.4 Å². The Labute approximate surface area is 150 Å². The lowest BCUT2D eigenvalue weighted by atomic mass is 10.1. The topological polar surface area (TPSA) is 79.5 Å². The van der Waals surface area contributed by atoms with Gasteiger partial charge in [-0.05, 0) is 49.1 Å². The molecule has 0 saturated heterocycles. The molecule has 2 aromatic heterocycles. The van der Waals surface area contributed by atoms with Crippen molar-refractivity contribution >= 4 is 43.9 Å². The maximum absolute atomic E-state index is 12.8. The lowest BCUT2D eigenvalue weighted by molar-refractivity contribution is 0.0520. The molecule has 0 atom stereocenters. The average Bonchev–Trinajstić information content (AvgIpc) is 3.23. The predicted molar refractivity (Wildman–Crippen MR) is 98.9 cm³/mol. The third kappa shape index (κ3) is 3.14. The fraction of sp³-hybridized carbons (Fsp3) is 0.235. The highest BCUT2D eigenvalue weighted by Crippen LogP contribution is 2.32. The number of carbonyl (C=O) groups excluding carboxylic acids is 1. The number of H-pyrrole nitrogens is 1. The van der Waals surface area contributed by atoms with E-state index in [4.69, 9.17) is 4.74 Å².